The monoisotopic (exact) mass is 433 g/mol. The number of H-pyrrole nitrogens is 1. The summed E-state index contributed by atoms with van der Waals surface area (Å²) in [5.74, 6) is -0.314. The van der Waals surface area contributed by atoms with Gasteiger partial charge >= 0.3 is 0 Å². The van der Waals surface area contributed by atoms with E-state index in [4.69, 9.17) is 5.10 Å². The Labute approximate surface area is 186 Å². The molecule has 3 aromatic heterocycles. The summed E-state index contributed by atoms with van der Waals surface area (Å²) in [7, 11) is 0. The van der Waals surface area contributed by atoms with E-state index < -0.39 is 0 Å². The van der Waals surface area contributed by atoms with Gasteiger partial charge in [0.05, 0.1) is 11.4 Å². The van der Waals surface area contributed by atoms with Gasteiger partial charge in [-0.1, -0.05) is 26.8 Å². The Morgan fingerprint density at radius 1 is 1.12 bits per heavy atom. The molecule has 1 aromatic carbocycles. The number of aryl methyl sites for hydroxylation is 1. The highest BCUT2D eigenvalue weighted by Crippen LogP contribution is 2.30. The lowest BCUT2D eigenvalue weighted by atomic mass is 9.90. The van der Waals surface area contributed by atoms with Crippen LogP contribution in [0.3, 0.4) is 0 Å². The molecular formula is C25H28FN5O. The molecule has 0 aliphatic carbocycles. The third-order valence-electron chi connectivity index (χ3n) is 5.37. The fraction of sp³-hybridized carbons (Fsp3) is 0.320. The first-order valence-corrected chi connectivity index (χ1v) is 10.8. The molecule has 2 N–H and O–H groups in total. The number of fused-ring (bicyclic) bond motifs is 1. The smallest absolute Gasteiger partial charge is 0.254 e. The zero-order valence-corrected chi connectivity index (χ0v) is 18.7. The molecule has 6 nitrogen and oxygen atoms in total. The zero-order valence-electron chi connectivity index (χ0n) is 18.7. The van der Waals surface area contributed by atoms with E-state index in [1.165, 1.54) is 12.1 Å². The van der Waals surface area contributed by atoms with Gasteiger partial charge in [-0.25, -0.2) is 9.07 Å². The van der Waals surface area contributed by atoms with E-state index >= 15 is 0 Å². The number of halogens is 1. The van der Waals surface area contributed by atoms with Crippen molar-refractivity contribution < 1.29 is 4.39 Å². The first-order valence-electron chi connectivity index (χ1n) is 10.8. The second kappa shape index (κ2) is 9.04. The summed E-state index contributed by atoms with van der Waals surface area (Å²) < 4.78 is 15.1. The van der Waals surface area contributed by atoms with Gasteiger partial charge < -0.3 is 10.3 Å². The lowest BCUT2D eigenvalue weighted by Gasteiger charge is -2.15. The molecular weight excluding hydrogens is 405 g/mol. The van der Waals surface area contributed by atoms with Crippen LogP contribution in [0.25, 0.3) is 16.7 Å². The maximum absolute atomic E-state index is 13.4. The predicted molar refractivity (Wildman–Crippen MR) is 125 cm³/mol. The van der Waals surface area contributed by atoms with Crippen molar-refractivity contribution in [3.8, 4) is 5.69 Å². The van der Waals surface area contributed by atoms with Crippen LogP contribution in [0, 0.1) is 5.82 Å². The summed E-state index contributed by atoms with van der Waals surface area (Å²) in [5, 5.41) is 9.04. The lowest BCUT2D eigenvalue weighted by molar-refractivity contribution is 0.564. The van der Waals surface area contributed by atoms with Crippen LogP contribution in [0.5, 0.6) is 0 Å². The molecule has 3 heterocycles. The highest BCUT2D eigenvalue weighted by atomic mass is 19.1. The van der Waals surface area contributed by atoms with Crippen molar-refractivity contribution in [2.75, 3.05) is 6.54 Å². The van der Waals surface area contributed by atoms with Crippen LogP contribution < -0.4 is 10.9 Å². The largest absolute Gasteiger partial charge is 0.312 e. The van der Waals surface area contributed by atoms with Gasteiger partial charge in [-0.2, -0.15) is 5.10 Å². The molecule has 32 heavy (non-hydrogen) atoms. The second-order valence-electron chi connectivity index (χ2n) is 8.97. The molecule has 0 bridgehead atoms. The van der Waals surface area contributed by atoms with Crippen molar-refractivity contribution >= 4 is 11.0 Å². The Hall–Kier alpha value is -3.32. The van der Waals surface area contributed by atoms with E-state index in [0.29, 0.717) is 23.4 Å². The quantitative estimate of drug-likeness (QED) is 0.427. The van der Waals surface area contributed by atoms with E-state index in [2.05, 4.69) is 36.1 Å². The summed E-state index contributed by atoms with van der Waals surface area (Å²) in [6, 6.07) is 13.9. The maximum atomic E-state index is 13.4. The van der Waals surface area contributed by atoms with Crippen LogP contribution in [0.4, 0.5) is 4.39 Å². The summed E-state index contributed by atoms with van der Waals surface area (Å²) in [6.45, 7) is 7.52. The van der Waals surface area contributed by atoms with Gasteiger partial charge in [0, 0.05) is 34.8 Å². The third-order valence-corrected chi connectivity index (χ3v) is 5.37. The minimum Gasteiger partial charge on any atom is -0.312 e. The SMILES string of the molecule is CC(C)(C)c1nn(-c2ccc(F)cc2)c2[nH]c(=O)c(CNCCCc3ccccn3)cc12. The van der Waals surface area contributed by atoms with Crippen molar-refractivity contribution in [2.45, 2.75) is 45.6 Å². The number of aromatic amines is 1. The molecule has 0 aliphatic heterocycles. The molecule has 4 aromatic rings. The van der Waals surface area contributed by atoms with Gasteiger partial charge in [0.2, 0.25) is 0 Å². The molecule has 0 saturated heterocycles. The standard InChI is InChI=1S/C25H28FN5O/c1-25(2,3)22-21-15-17(16-27-13-6-8-19-7-4-5-14-28-19)24(32)29-23(21)31(30-22)20-11-9-18(26)10-12-20/h4-5,7,9-12,14-15,27H,6,8,13,16H2,1-3H3,(H,29,32). The maximum Gasteiger partial charge on any atom is 0.254 e. The van der Waals surface area contributed by atoms with Crippen LogP contribution in [0.15, 0.2) is 59.5 Å². The van der Waals surface area contributed by atoms with Gasteiger partial charge in [-0.05, 0) is 61.9 Å². The Morgan fingerprint density at radius 3 is 2.59 bits per heavy atom. The average Bonchev–Trinajstić information content (AvgIpc) is 3.13. The minimum atomic E-state index is -0.314. The van der Waals surface area contributed by atoms with Gasteiger partial charge in [0.25, 0.3) is 5.56 Å². The molecule has 0 saturated carbocycles. The Balaban J connectivity index is 1.57. The fourth-order valence-corrected chi connectivity index (χ4v) is 3.73. The molecule has 0 atom stereocenters. The van der Waals surface area contributed by atoms with Crippen LogP contribution >= 0.6 is 0 Å². The third kappa shape index (κ3) is 4.78. The Kier molecular flexibility index (Phi) is 6.19. The summed E-state index contributed by atoms with van der Waals surface area (Å²) in [4.78, 5) is 20.1. The Morgan fingerprint density at radius 2 is 1.91 bits per heavy atom. The van der Waals surface area contributed by atoms with Crippen molar-refractivity contribution in [3.63, 3.8) is 0 Å². The van der Waals surface area contributed by atoms with Crippen molar-refractivity contribution in [1.82, 2.24) is 25.1 Å². The summed E-state index contributed by atoms with van der Waals surface area (Å²) in [6.07, 6.45) is 3.63. The molecule has 0 fully saturated rings. The molecule has 0 unspecified atom stereocenters. The van der Waals surface area contributed by atoms with Gasteiger partial charge in [0.15, 0.2) is 0 Å². The fourth-order valence-electron chi connectivity index (χ4n) is 3.73. The number of aromatic nitrogens is 4. The predicted octanol–water partition coefficient (Wildman–Crippen LogP) is 4.27. The van der Waals surface area contributed by atoms with E-state index in [1.807, 2.05) is 24.3 Å². The first kappa shape index (κ1) is 21.9. The van der Waals surface area contributed by atoms with Gasteiger partial charge in [0.1, 0.15) is 11.5 Å². The number of benzene rings is 1. The number of rotatable bonds is 7. The van der Waals surface area contributed by atoms with Crippen molar-refractivity contribution in [3.05, 3.63) is 87.9 Å². The molecule has 166 valence electrons. The van der Waals surface area contributed by atoms with Crippen LogP contribution in [0.2, 0.25) is 0 Å². The van der Waals surface area contributed by atoms with Crippen LogP contribution in [0.1, 0.15) is 44.1 Å². The number of nitrogens with one attached hydrogen (secondary N) is 2. The van der Waals surface area contributed by atoms with Crippen molar-refractivity contribution in [1.29, 1.82) is 0 Å². The van der Waals surface area contributed by atoms with Crippen molar-refractivity contribution in [2.24, 2.45) is 0 Å². The zero-order chi connectivity index (χ0) is 22.7. The van der Waals surface area contributed by atoms with E-state index in [9.17, 15) is 9.18 Å². The number of hydrogen-bond donors (Lipinski definition) is 2. The molecule has 7 heteroatoms. The summed E-state index contributed by atoms with van der Waals surface area (Å²) >= 11 is 0. The van der Waals surface area contributed by atoms with Crippen LogP contribution in [-0.4, -0.2) is 26.3 Å². The number of pyridine rings is 2. The number of nitrogens with zero attached hydrogens (tertiary/aromatic N) is 3. The topological polar surface area (TPSA) is 75.6 Å². The molecule has 0 spiro atoms. The first-order chi connectivity index (χ1) is 15.3. The normalized spacial score (nSPS) is 11.9. The molecule has 0 radical (unpaired) electrons. The second-order valence-corrected chi connectivity index (χ2v) is 8.97. The highest BCUT2D eigenvalue weighted by molar-refractivity contribution is 5.81. The van der Waals surface area contributed by atoms with Gasteiger partial charge in [-0.15, -0.1) is 0 Å². The van der Waals surface area contributed by atoms with E-state index in [0.717, 1.165) is 36.2 Å². The Bertz CT molecular complexity index is 1250. The minimum absolute atomic E-state index is 0.154. The van der Waals surface area contributed by atoms with Gasteiger partial charge in [-0.3, -0.25) is 9.78 Å². The van der Waals surface area contributed by atoms with E-state index in [-0.39, 0.29) is 16.8 Å². The average molecular weight is 434 g/mol. The molecule has 0 amide bonds. The lowest BCUT2D eigenvalue weighted by Crippen LogP contribution is -2.22. The molecule has 0 aliphatic rings. The van der Waals surface area contributed by atoms with Crippen LogP contribution in [-0.2, 0) is 18.4 Å². The highest BCUT2D eigenvalue weighted by Gasteiger charge is 2.24. The van der Waals surface area contributed by atoms with E-state index in [1.54, 1.807) is 23.0 Å². The number of hydrogen-bond acceptors (Lipinski definition) is 4. The molecule has 4 rings (SSSR count). The summed E-state index contributed by atoms with van der Waals surface area (Å²) in [5.41, 5.74) is 3.54.